The Morgan fingerprint density at radius 2 is 1.47 bits per heavy atom. The van der Waals surface area contributed by atoms with Crippen LogP contribution >= 0.6 is 11.8 Å². The minimum atomic E-state index is -0.196. The van der Waals surface area contributed by atoms with E-state index in [0.29, 0.717) is 0 Å². The van der Waals surface area contributed by atoms with Crippen molar-refractivity contribution in [2.75, 3.05) is 14.1 Å². The van der Waals surface area contributed by atoms with E-state index in [-0.39, 0.29) is 11.2 Å². The third-order valence-corrected chi connectivity index (χ3v) is 4.02. The van der Waals surface area contributed by atoms with Crippen molar-refractivity contribution in [3.8, 4) is 0 Å². The Morgan fingerprint density at radius 3 is 2.00 bits per heavy atom. The second-order valence-electron chi connectivity index (χ2n) is 4.45. The van der Waals surface area contributed by atoms with Crippen LogP contribution in [0.15, 0.2) is 65.6 Å². The molecule has 2 rings (SSSR count). The van der Waals surface area contributed by atoms with Gasteiger partial charge in [-0.3, -0.25) is 4.79 Å². The van der Waals surface area contributed by atoms with Gasteiger partial charge in [0.25, 0.3) is 0 Å². The van der Waals surface area contributed by atoms with Gasteiger partial charge < -0.3 is 4.90 Å². The second-order valence-corrected chi connectivity index (χ2v) is 5.63. The van der Waals surface area contributed by atoms with E-state index in [0.717, 1.165) is 10.5 Å². The monoisotopic (exact) mass is 271 g/mol. The van der Waals surface area contributed by atoms with Gasteiger partial charge in [-0.25, -0.2) is 0 Å². The maximum Gasteiger partial charge on any atom is 0.240 e. The van der Waals surface area contributed by atoms with Gasteiger partial charge in [0.1, 0.15) is 5.25 Å². The molecule has 0 fully saturated rings. The number of benzene rings is 2. The zero-order valence-corrected chi connectivity index (χ0v) is 11.9. The Kier molecular flexibility index (Phi) is 4.63. The molecule has 2 aromatic carbocycles. The molecule has 0 aliphatic heterocycles. The summed E-state index contributed by atoms with van der Waals surface area (Å²) in [5.41, 5.74) is 1.04. The van der Waals surface area contributed by atoms with Crippen LogP contribution < -0.4 is 0 Å². The van der Waals surface area contributed by atoms with Crippen LogP contribution in [0.5, 0.6) is 0 Å². The molecule has 0 spiro atoms. The van der Waals surface area contributed by atoms with Crippen molar-refractivity contribution in [3.63, 3.8) is 0 Å². The van der Waals surface area contributed by atoms with E-state index in [1.807, 2.05) is 60.7 Å². The smallest absolute Gasteiger partial charge is 0.240 e. The molecular formula is C16H17NOS. The molecule has 1 amide bonds. The lowest BCUT2D eigenvalue weighted by atomic mass is 10.1. The van der Waals surface area contributed by atoms with Gasteiger partial charge in [-0.1, -0.05) is 48.5 Å². The van der Waals surface area contributed by atoms with Gasteiger partial charge in [-0.15, -0.1) is 11.8 Å². The molecule has 98 valence electrons. The molecule has 1 atom stereocenters. The largest absolute Gasteiger partial charge is 0.348 e. The van der Waals surface area contributed by atoms with Gasteiger partial charge in [0, 0.05) is 19.0 Å². The first-order valence-corrected chi connectivity index (χ1v) is 7.04. The Balaban J connectivity index is 2.28. The van der Waals surface area contributed by atoms with Crippen molar-refractivity contribution in [2.45, 2.75) is 10.1 Å². The van der Waals surface area contributed by atoms with Gasteiger partial charge in [0.05, 0.1) is 0 Å². The molecule has 0 aromatic heterocycles. The summed E-state index contributed by atoms with van der Waals surface area (Å²) in [6, 6.07) is 19.9. The number of nitrogens with zero attached hydrogens (tertiary/aromatic N) is 1. The van der Waals surface area contributed by atoms with Crippen molar-refractivity contribution in [1.29, 1.82) is 0 Å². The van der Waals surface area contributed by atoms with E-state index >= 15 is 0 Å². The van der Waals surface area contributed by atoms with Crippen molar-refractivity contribution >= 4 is 17.7 Å². The number of hydrogen-bond donors (Lipinski definition) is 0. The van der Waals surface area contributed by atoms with E-state index in [1.54, 1.807) is 30.8 Å². The minimum absolute atomic E-state index is 0.111. The lowest BCUT2D eigenvalue weighted by Crippen LogP contribution is -2.26. The van der Waals surface area contributed by atoms with Crippen LogP contribution in [0.2, 0.25) is 0 Å². The highest BCUT2D eigenvalue weighted by Gasteiger charge is 2.23. The second kappa shape index (κ2) is 6.43. The first-order valence-electron chi connectivity index (χ1n) is 6.16. The summed E-state index contributed by atoms with van der Waals surface area (Å²) in [4.78, 5) is 15.1. The Morgan fingerprint density at radius 1 is 0.947 bits per heavy atom. The van der Waals surface area contributed by atoms with E-state index in [4.69, 9.17) is 0 Å². The molecule has 0 aliphatic rings. The molecule has 0 saturated carbocycles. The topological polar surface area (TPSA) is 20.3 Å². The molecule has 2 nitrogen and oxygen atoms in total. The normalized spacial score (nSPS) is 11.9. The standard InChI is InChI=1S/C16H17NOS/c1-17(2)16(18)15(13-9-5-3-6-10-13)19-14-11-7-4-8-12-14/h3-12,15H,1-2H3. The summed E-state index contributed by atoms with van der Waals surface area (Å²) in [5.74, 6) is 0.111. The number of hydrogen-bond acceptors (Lipinski definition) is 2. The van der Waals surface area contributed by atoms with Gasteiger partial charge in [-0.2, -0.15) is 0 Å². The molecule has 1 unspecified atom stereocenters. The maximum atomic E-state index is 12.4. The van der Waals surface area contributed by atoms with Gasteiger partial charge in [0.2, 0.25) is 5.91 Å². The van der Waals surface area contributed by atoms with Crippen molar-refractivity contribution in [2.24, 2.45) is 0 Å². The molecule has 0 radical (unpaired) electrons. The molecule has 2 aromatic rings. The molecule has 3 heteroatoms. The molecule has 0 N–H and O–H groups in total. The van der Waals surface area contributed by atoms with Crippen LogP contribution in [0, 0.1) is 0 Å². The molecule has 0 aliphatic carbocycles. The number of carbonyl (C=O) groups excluding carboxylic acids is 1. The predicted molar refractivity (Wildman–Crippen MR) is 80.2 cm³/mol. The molecular weight excluding hydrogens is 254 g/mol. The van der Waals surface area contributed by atoms with E-state index in [9.17, 15) is 4.79 Å². The predicted octanol–water partition coefficient (Wildman–Crippen LogP) is 3.61. The zero-order chi connectivity index (χ0) is 13.7. The highest BCUT2D eigenvalue weighted by Crippen LogP contribution is 2.36. The Bertz CT molecular complexity index is 525. The fourth-order valence-electron chi connectivity index (χ4n) is 1.76. The summed E-state index contributed by atoms with van der Waals surface area (Å²) in [7, 11) is 3.59. The molecule has 0 bridgehead atoms. The van der Waals surface area contributed by atoms with Crippen molar-refractivity contribution in [1.82, 2.24) is 4.90 Å². The lowest BCUT2D eigenvalue weighted by Gasteiger charge is -2.20. The summed E-state index contributed by atoms with van der Waals surface area (Å²) in [5, 5.41) is -0.196. The van der Waals surface area contributed by atoms with Crippen molar-refractivity contribution in [3.05, 3.63) is 66.2 Å². The Hall–Kier alpha value is -1.74. The van der Waals surface area contributed by atoms with Gasteiger partial charge in [0.15, 0.2) is 0 Å². The van der Waals surface area contributed by atoms with Crippen LogP contribution in [0.4, 0.5) is 0 Å². The SMILES string of the molecule is CN(C)C(=O)C(Sc1ccccc1)c1ccccc1. The third kappa shape index (κ3) is 3.61. The number of carbonyl (C=O) groups is 1. The van der Waals surface area contributed by atoms with Crippen LogP contribution in [-0.4, -0.2) is 24.9 Å². The van der Waals surface area contributed by atoms with Crippen LogP contribution in [0.1, 0.15) is 10.8 Å². The lowest BCUT2D eigenvalue weighted by molar-refractivity contribution is -0.128. The van der Waals surface area contributed by atoms with Crippen LogP contribution in [0.25, 0.3) is 0 Å². The quantitative estimate of drug-likeness (QED) is 0.792. The van der Waals surface area contributed by atoms with Crippen LogP contribution in [-0.2, 0) is 4.79 Å². The van der Waals surface area contributed by atoms with Gasteiger partial charge >= 0.3 is 0 Å². The molecule has 19 heavy (non-hydrogen) atoms. The summed E-state index contributed by atoms with van der Waals surface area (Å²) in [6.45, 7) is 0. The zero-order valence-electron chi connectivity index (χ0n) is 11.1. The number of thioether (sulfide) groups is 1. The average molecular weight is 271 g/mol. The molecule has 0 saturated heterocycles. The van der Waals surface area contributed by atoms with Crippen LogP contribution in [0.3, 0.4) is 0 Å². The minimum Gasteiger partial charge on any atom is -0.348 e. The van der Waals surface area contributed by atoms with E-state index < -0.39 is 0 Å². The van der Waals surface area contributed by atoms with E-state index in [2.05, 4.69) is 0 Å². The summed E-state index contributed by atoms with van der Waals surface area (Å²) in [6.07, 6.45) is 0. The maximum absolute atomic E-state index is 12.4. The fraction of sp³-hybridized carbons (Fsp3) is 0.188. The third-order valence-electron chi connectivity index (χ3n) is 2.76. The highest BCUT2D eigenvalue weighted by atomic mass is 32.2. The first kappa shape index (κ1) is 13.7. The number of amides is 1. The van der Waals surface area contributed by atoms with Gasteiger partial charge in [-0.05, 0) is 17.7 Å². The number of rotatable bonds is 4. The summed E-state index contributed by atoms with van der Waals surface area (Å²) >= 11 is 1.59. The highest BCUT2D eigenvalue weighted by molar-refractivity contribution is 8.00. The summed E-state index contributed by atoms with van der Waals surface area (Å²) < 4.78 is 0. The molecule has 0 heterocycles. The Labute approximate surface area is 118 Å². The van der Waals surface area contributed by atoms with Crippen molar-refractivity contribution < 1.29 is 4.79 Å². The fourth-order valence-corrected chi connectivity index (χ4v) is 2.95. The average Bonchev–Trinajstić information content (AvgIpc) is 2.46. The number of likely N-dealkylation sites (N-methyl/N-ethyl adjacent to an activating group) is 1. The first-order chi connectivity index (χ1) is 9.18. The van der Waals surface area contributed by atoms with E-state index in [1.165, 1.54) is 0 Å².